The van der Waals surface area contributed by atoms with Crippen LogP contribution >= 0.6 is 11.3 Å². The van der Waals surface area contributed by atoms with Crippen molar-refractivity contribution < 1.29 is 0 Å². The van der Waals surface area contributed by atoms with Crippen molar-refractivity contribution in [2.24, 2.45) is 0 Å². The zero-order valence-corrected chi connectivity index (χ0v) is 34.3. The largest absolute Gasteiger partial charge is 0.310 e. The first kappa shape index (κ1) is 35.5. The standard InChI is InChI=1S/C58H40N2S/c1-2-11-39(12-3-1)41-21-31-48(32-22-41)60-55-19-8-6-15-51(55)54-38-45(28-36-56(54)60)42-23-29-46(30-24-42)59(49-35-25-40-13-4-5-14-44(40)37-49)47-33-26-43(27-34-47)50-17-10-18-53-52-16-7-9-20-57(52)61-58(50)53/h1-11,13-39H,12H2. The van der Waals surface area contributed by atoms with E-state index in [1.165, 1.54) is 86.3 Å². The number of anilines is 3. The second-order valence-corrected chi connectivity index (χ2v) is 17.1. The van der Waals surface area contributed by atoms with Crippen LogP contribution in [0.2, 0.25) is 0 Å². The summed E-state index contributed by atoms with van der Waals surface area (Å²) in [5.41, 5.74) is 13.2. The molecule has 12 rings (SSSR count). The molecule has 0 fully saturated rings. The van der Waals surface area contributed by atoms with E-state index in [9.17, 15) is 0 Å². The van der Waals surface area contributed by atoms with Crippen LogP contribution in [0.25, 0.3) is 80.7 Å². The van der Waals surface area contributed by atoms with Gasteiger partial charge in [0.1, 0.15) is 0 Å². The molecule has 61 heavy (non-hydrogen) atoms. The molecule has 0 bridgehead atoms. The maximum Gasteiger partial charge on any atom is 0.0541 e. The van der Waals surface area contributed by atoms with Crippen LogP contribution in [0.5, 0.6) is 0 Å². The van der Waals surface area contributed by atoms with Crippen LogP contribution in [0.1, 0.15) is 17.9 Å². The first-order valence-electron chi connectivity index (χ1n) is 21.1. The van der Waals surface area contributed by atoms with Gasteiger partial charge in [-0.3, -0.25) is 0 Å². The van der Waals surface area contributed by atoms with E-state index in [-0.39, 0.29) is 0 Å². The van der Waals surface area contributed by atoms with Crippen molar-refractivity contribution in [1.82, 2.24) is 4.57 Å². The van der Waals surface area contributed by atoms with Crippen LogP contribution in [0.15, 0.2) is 224 Å². The fourth-order valence-corrected chi connectivity index (χ4v) is 10.7. The third kappa shape index (κ3) is 6.17. The minimum Gasteiger partial charge on any atom is -0.310 e. The normalized spacial score (nSPS) is 13.9. The SMILES string of the molecule is C1=CCC(c2ccc(-n3c4ccccc4c4cc(-c5ccc(N(c6ccc(-c7cccc8c7sc7ccccc78)cc6)c6ccc7ccccc7c6)cc5)ccc43)cc2)C=C1. The van der Waals surface area contributed by atoms with E-state index >= 15 is 0 Å². The molecule has 2 heterocycles. The summed E-state index contributed by atoms with van der Waals surface area (Å²) < 4.78 is 5.07. The number of para-hydroxylation sites is 1. The Morgan fingerprint density at radius 1 is 0.459 bits per heavy atom. The summed E-state index contributed by atoms with van der Waals surface area (Å²) in [7, 11) is 0. The van der Waals surface area contributed by atoms with E-state index in [2.05, 4.69) is 234 Å². The molecule has 0 amide bonds. The Kier molecular flexibility index (Phi) is 8.53. The molecule has 0 saturated carbocycles. The van der Waals surface area contributed by atoms with Gasteiger partial charge in [0, 0.05) is 59.6 Å². The van der Waals surface area contributed by atoms with Gasteiger partial charge in [0.25, 0.3) is 0 Å². The molecule has 0 aliphatic heterocycles. The van der Waals surface area contributed by atoms with Gasteiger partial charge in [0.15, 0.2) is 0 Å². The molecule has 2 nitrogen and oxygen atoms in total. The highest BCUT2D eigenvalue weighted by Crippen LogP contribution is 2.43. The Morgan fingerprint density at radius 3 is 1.93 bits per heavy atom. The van der Waals surface area contributed by atoms with Gasteiger partial charge in [-0.2, -0.15) is 0 Å². The third-order valence-electron chi connectivity index (χ3n) is 12.5. The van der Waals surface area contributed by atoms with E-state index in [0.717, 1.165) is 23.5 Å². The van der Waals surface area contributed by atoms with E-state index in [1.54, 1.807) is 0 Å². The molecular formula is C58H40N2S. The molecule has 0 saturated heterocycles. The van der Waals surface area contributed by atoms with Gasteiger partial charge in [-0.15, -0.1) is 11.3 Å². The highest BCUT2D eigenvalue weighted by atomic mass is 32.1. The lowest BCUT2D eigenvalue weighted by atomic mass is 9.92. The predicted octanol–water partition coefficient (Wildman–Crippen LogP) is 16.7. The third-order valence-corrected chi connectivity index (χ3v) is 13.7. The number of hydrogen-bond acceptors (Lipinski definition) is 2. The molecule has 1 unspecified atom stereocenters. The van der Waals surface area contributed by atoms with Crippen molar-refractivity contribution in [3.05, 3.63) is 230 Å². The van der Waals surface area contributed by atoms with Gasteiger partial charge in [-0.1, -0.05) is 152 Å². The molecule has 9 aromatic carbocycles. The molecule has 1 aliphatic carbocycles. The number of hydrogen-bond donors (Lipinski definition) is 0. The first-order valence-corrected chi connectivity index (χ1v) is 21.9. The minimum absolute atomic E-state index is 0.435. The maximum atomic E-state index is 2.41. The highest BCUT2D eigenvalue weighted by Gasteiger charge is 2.18. The Labute approximate surface area is 359 Å². The lowest BCUT2D eigenvalue weighted by molar-refractivity contribution is 0.853. The smallest absolute Gasteiger partial charge is 0.0541 e. The van der Waals surface area contributed by atoms with Crippen LogP contribution in [-0.4, -0.2) is 4.57 Å². The summed E-state index contributed by atoms with van der Waals surface area (Å²) in [5.74, 6) is 0.435. The van der Waals surface area contributed by atoms with Crippen molar-refractivity contribution in [3.8, 4) is 27.9 Å². The average Bonchev–Trinajstić information content (AvgIpc) is 3.88. The number of benzene rings is 9. The number of rotatable bonds is 7. The molecular weight excluding hydrogens is 757 g/mol. The zero-order valence-electron chi connectivity index (χ0n) is 33.4. The van der Waals surface area contributed by atoms with E-state index in [1.807, 2.05) is 11.3 Å². The second-order valence-electron chi connectivity index (χ2n) is 16.1. The van der Waals surface area contributed by atoms with Gasteiger partial charge < -0.3 is 9.47 Å². The molecule has 2 aromatic heterocycles. The van der Waals surface area contributed by atoms with E-state index in [4.69, 9.17) is 0 Å². The quantitative estimate of drug-likeness (QED) is 0.156. The minimum atomic E-state index is 0.435. The summed E-state index contributed by atoms with van der Waals surface area (Å²) in [6.07, 6.45) is 9.91. The maximum absolute atomic E-state index is 2.41. The van der Waals surface area contributed by atoms with Crippen LogP contribution in [-0.2, 0) is 0 Å². The molecule has 0 spiro atoms. The Morgan fingerprint density at radius 2 is 1.13 bits per heavy atom. The topological polar surface area (TPSA) is 8.17 Å². The molecule has 288 valence electrons. The Bertz CT molecular complexity index is 3490. The van der Waals surface area contributed by atoms with Crippen molar-refractivity contribution in [1.29, 1.82) is 0 Å². The van der Waals surface area contributed by atoms with Crippen LogP contribution in [0.4, 0.5) is 17.1 Å². The number of thiophene rings is 1. The summed E-state index contributed by atoms with van der Waals surface area (Å²) >= 11 is 1.88. The molecule has 1 aliphatic rings. The predicted molar refractivity (Wildman–Crippen MR) is 262 cm³/mol. The fourth-order valence-electron chi connectivity index (χ4n) is 9.46. The Hall–Kier alpha value is -7.46. The van der Waals surface area contributed by atoms with Crippen molar-refractivity contribution >= 4 is 81.1 Å². The van der Waals surface area contributed by atoms with Gasteiger partial charge in [0.05, 0.1) is 11.0 Å². The van der Waals surface area contributed by atoms with Gasteiger partial charge >= 0.3 is 0 Å². The molecule has 0 radical (unpaired) electrons. The Balaban J connectivity index is 0.911. The lowest BCUT2D eigenvalue weighted by Gasteiger charge is -2.26. The van der Waals surface area contributed by atoms with Gasteiger partial charge in [0.2, 0.25) is 0 Å². The monoisotopic (exact) mass is 796 g/mol. The number of aromatic nitrogens is 1. The lowest BCUT2D eigenvalue weighted by Crippen LogP contribution is -2.09. The van der Waals surface area contributed by atoms with Crippen LogP contribution < -0.4 is 4.90 Å². The number of nitrogens with zero attached hydrogens (tertiary/aromatic N) is 2. The van der Waals surface area contributed by atoms with Gasteiger partial charge in [-0.05, 0) is 118 Å². The van der Waals surface area contributed by atoms with Crippen LogP contribution in [0.3, 0.4) is 0 Å². The van der Waals surface area contributed by atoms with E-state index < -0.39 is 0 Å². The van der Waals surface area contributed by atoms with Crippen molar-refractivity contribution in [3.63, 3.8) is 0 Å². The van der Waals surface area contributed by atoms with Crippen LogP contribution in [0, 0.1) is 0 Å². The molecule has 11 aromatic rings. The first-order chi connectivity index (χ1) is 30.2. The number of fused-ring (bicyclic) bond motifs is 7. The highest BCUT2D eigenvalue weighted by molar-refractivity contribution is 7.26. The molecule has 0 N–H and O–H groups in total. The summed E-state index contributed by atoms with van der Waals surface area (Å²) in [6, 6.07) is 73.9. The molecule has 1 atom stereocenters. The zero-order chi connectivity index (χ0) is 40.3. The molecule has 3 heteroatoms. The fraction of sp³-hybridized carbons (Fsp3) is 0.0345. The van der Waals surface area contributed by atoms with Crippen molar-refractivity contribution in [2.45, 2.75) is 12.3 Å². The summed E-state index contributed by atoms with van der Waals surface area (Å²) in [6.45, 7) is 0. The average molecular weight is 797 g/mol. The number of allylic oxidation sites excluding steroid dienone is 4. The summed E-state index contributed by atoms with van der Waals surface area (Å²) in [5, 5.41) is 7.61. The van der Waals surface area contributed by atoms with Crippen molar-refractivity contribution in [2.75, 3.05) is 4.90 Å². The van der Waals surface area contributed by atoms with Gasteiger partial charge in [-0.25, -0.2) is 0 Å². The second kappa shape index (κ2) is 14.7. The summed E-state index contributed by atoms with van der Waals surface area (Å²) in [4.78, 5) is 2.38. The van der Waals surface area contributed by atoms with E-state index in [0.29, 0.717) is 5.92 Å².